The molecule has 4 heterocycles. The molecule has 4 spiro atoms. The van der Waals surface area contributed by atoms with Gasteiger partial charge in [0.25, 0.3) is 0 Å². The Kier molecular flexibility index (Phi) is 21.5. The smallest absolute Gasteiger partial charge is 0.0448 e. The highest BCUT2D eigenvalue weighted by atomic mass is 15.3. The van der Waals surface area contributed by atoms with E-state index in [1.165, 1.54) is 145 Å². The summed E-state index contributed by atoms with van der Waals surface area (Å²) in [5, 5.41) is 0. The molecule has 4 aromatic carbocycles. The van der Waals surface area contributed by atoms with Gasteiger partial charge < -0.3 is 19.6 Å². The fourth-order valence-electron chi connectivity index (χ4n) is 14.5. The van der Waals surface area contributed by atoms with E-state index in [1.54, 1.807) is 22.3 Å². The van der Waals surface area contributed by atoms with Gasteiger partial charge in [-0.2, -0.15) is 0 Å². The van der Waals surface area contributed by atoms with Crippen LogP contribution in [0.3, 0.4) is 0 Å². The molecule has 0 saturated heterocycles. The van der Waals surface area contributed by atoms with E-state index < -0.39 is 0 Å². The molecule has 4 aliphatic heterocycles. The molecule has 4 saturated carbocycles. The minimum absolute atomic E-state index is 0.470. The number of benzene rings is 4. The number of para-hydroxylation sites is 4. The van der Waals surface area contributed by atoms with E-state index in [0.29, 0.717) is 46.3 Å². The van der Waals surface area contributed by atoms with Crippen molar-refractivity contribution in [3.8, 4) is 0 Å². The van der Waals surface area contributed by atoms with Crippen molar-refractivity contribution in [1.29, 1.82) is 0 Å². The van der Waals surface area contributed by atoms with Gasteiger partial charge in [0.15, 0.2) is 0 Å². The van der Waals surface area contributed by atoms with Gasteiger partial charge in [-0.15, -0.1) is 0 Å². The Labute approximate surface area is 438 Å². The topological polar surface area (TPSA) is 13.0 Å². The normalized spacial score (nSPS) is 19.9. The summed E-state index contributed by atoms with van der Waals surface area (Å²) in [6.07, 6.45) is 26.1. The van der Waals surface area contributed by atoms with Crippen LogP contribution in [0.2, 0.25) is 0 Å². The molecule has 4 heteroatoms. The molecule has 4 aromatic rings. The molecule has 4 nitrogen and oxygen atoms in total. The highest BCUT2D eigenvalue weighted by molar-refractivity contribution is 5.66. The number of aryl methyl sites for hydroxylation is 1. The van der Waals surface area contributed by atoms with Gasteiger partial charge in [-0.1, -0.05) is 160 Å². The van der Waals surface area contributed by atoms with Gasteiger partial charge in [-0.25, -0.2) is 0 Å². The Morgan fingerprint density at radius 1 is 0.282 bits per heavy atom. The van der Waals surface area contributed by atoms with Crippen LogP contribution in [0.25, 0.3) is 0 Å². The first-order chi connectivity index (χ1) is 34.4. The standard InChI is InChI=1S/C17H25N.C15H21N.C14H19N.C13H17N.4C2H6/c1-14(2)18-16-9-5-4-8-15(16)10-13-17(18)11-6-3-7-12-17;1-12(2)16-14-8-4-3-7-13(14)11-15(16)9-5-6-10-15;1-11(2)15-13-7-4-3-6-12(13)10-14(15)8-5-9-14;1-10(2)14-12-6-4-3-5-11(12)9-13(14)7-8-13;4*1-2/h4-5,8-9,14H,3,6-7,10-13H2,1-2H3;3-4,7-8,12H,5-6,9-11H2,1-2H3;3-4,6-7,11H,5,8-10H2,1-2H3;3-6,10H,7-9H2,1-2H3;4*1-2H3. The molecule has 394 valence electrons. The number of nitrogens with zero attached hydrogens (tertiary/aromatic N) is 4. The Bertz CT molecular complexity index is 2160. The Hall–Kier alpha value is -3.92. The lowest BCUT2D eigenvalue weighted by molar-refractivity contribution is 0.229. The van der Waals surface area contributed by atoms with Gasteiger partial charge in [0.1, 0.15) is 0 Å². The molecular formula is C67H106N4. The summed E-state index contributed by atoms with van der Waals surface area (Å²) < 4.78 is 0. The third kappa shape index (κ3) is 12.2. The van der Waals surface area contributed by atoms with Crippen molar-refractivity contribution in [3.05, 3.63) is 119 Å². The molecule has 12 rings (SSSR count). The zero-order valence-electron chi connectivity index (χ0n) is 48.8. The van der Waals surface area contributed by atoms with Crippen LogP contribution >= 0.6 is 0 Å². The van der Waals surface area contributed by atoms with E-state index in [-0.39, 0.29) is 0 Å². The lowest BCUT2D eigenvalue weighted by atomic mass is 9.73. The maximum atomic E-state index is 2.75. The van der Waals surface area contributed by atoms with Gasteiger partial charge in [0, 0.05) is 69.1 Å². The summed E-state index contributed by atoms with van der Waals surface area (Å²) in [5.74, 6) is 0. The fraction of sp³-hybridized carbons (Fsp3) is 0.642. The molecule has 8 aliphatic rings. The molecular weight excluding hydrogens is 861 g/mol. The zero-order chi connectivity index (χ0) is 52.0. The summed E-state index contributed by atoms with van der Waals surface area (Å²) in [6, 6.07) is 38.4. The predicted octanol–water partition coefficient (Wildman–Crippen LogP) is 18.8. The molecule has 0 amide bonds. The van der Waals surface area contributed by atoms with Crippen molar-refractivity contribution in [3.63, 3.8) is 0 Å². The second-order valence-corrected chi connectivity index (χ2v) is 22.4. The molecule has 0 aromatic heterocycles. The first-order valence-electron chi connectivity index (χ1n) is 29.9. The Balaban J connectivity index is 0.000000168. The van der Waals surface area contributed by atoms with E-state index in [4.69, 9.17) is 0 Å². The summed E-state index contributed by atoms with van der Waals surface area (Å²) in [6.45, 7) is 34.6. The molecule has 0 radical (unpaired) electrons. The van der Waals surface area contributed by atoms with Crippen molar-refractivity contribution in [2.75, 3.05) is 19.6 Å². The molecule has 4 fully saturated rings. The van der Waals surface area contributed by atoms with E-state index in [2.05, 4.69) is 172 Å². The van der Waals surface area contributed by atoms with Crippen LogP contribution < -0.4 is 19.6 Å². The van der Waals surface area contributed by atoms with Gasteiger partial charge in [0.05, 0.1) is 0 Å². The second kappa shape index (κ2) is 26.3. The van der Waals surface area contributed by atoms with Crippen molar-refractivity contribution in [2.24, 2.45) is 0 Å². The Morgan fingerprint density at radius 3 is 0.845 bits per heavy atom. The van der Waals surface area contributed by atoms with Crippen LogP contribution in [-0.4, -0.2) is 46.3 Å². The van der Waals surface area contributed by atoms with E-state index in [0.717, 1.165) is 0 Å². The number of anilines is 4. The van der Waals surface area contributed by atoms with Crippen LogP contribution in [0.5, 0.6) is 0 Å². The first-order valence-corrected chi connectivity index (χ1v) is 29.9. The largest absolute Gasteiger partial charge is 0.363 e. The Morgan fingerprint density at radius 2 is 0.535 bits per heavy atom. The summed E-state index contributed by atoms with van der Waals surface area (Å²) in [5.41, 5.74) is 14.2. The predicted molar refractivity (Wildman–Crippen MR) is 317 cm³/mol. The molecule has 0 bridgehead atoms. The first kappa shape index (κ1) is 58.0. The molecule has 0 atom stereocenters. The highest BCUT2D eigenvalue weighted by Gasteiger charge is 2.53. The molecule has 0 N–H and O–H groups in total. The fourth-order valence-corrected chi connectivity index (χ4v) is 14.5. The minimum atomic E-state index is 0.470. The second-order valence-electron chi connectivity index (χ2n) is 22.4. The van der Waals surface area contributed by atoms with Crippen molar-refractivity contribution in [1.82, 2.24) is 0 Å². The molecule has 0 unspecified atom stereocenters. The maximum absolute atomic E-state index is 2.75. The lowest BCUT2D eigenvalue weighted by Crippen LogP contribution is -2.56. The highest BCUT2D eigenvalue weighted by Crippen LogP contribution is 2.54. The molecule has 4 aliphatic carbocycles. The number of fused-ring (bicyclic) bond motifs is 4. The quantitative estimate of drug-likeness (QED) is 0.202. The number of hydrogen-bond donors (Lipinski definition) is 0. The summed E-state index contributed by atoms with van der Waals surface area (Å²) >= 11 is 0. The van der Waals surface area contributed by atoms with Gasteiger partial charge in [0.2, 0.25) is 0 Å². The average molecular weight is 968 g/mol. The summed E-state index contributed by atoms with van der Waals surface area (Å²) in [4.78, 5) is 10.8. The van der Waals surface area contributed by atoms with Crippen molar-refractivity contribution >= 4 is 22.7 Å². The SMILES string of the molecule is CC.CC.CC.CC.CC(C)N1c2ccccc2CC12CC2.CC(C)N1c2ccccc2CC12CCC2.CC(C)N1c2ccccc2CC12CCCC2.CC(C)N1c2ccccc2CCC12CCCCC2. The van der Waals surface area contributed by atoms with E-state index in [9.17, 15) is 0 Å². The van der Waals surface area contributed by atoms with E-state index >= 15 is 0 Å². The average Bonchev–Trinajstić information content (AvgIpc) is 3.67. The van der Waals surface area contributed by atoms with Gasteiger partial charge in [-0.3, -0.25) is 0 Å². The van der Waals surface area contributed by atoms with Crippen LogP contribution in [0.1, 0.15) is 229 Å². The number of rotatable bonds is 4. The van der Waals surface area contributed by atoms with Gasteiger partial charge >= 0.3 is 0 Å². The maximum Gasteiger partial charge on any atom is 0.0448 e. The van der Waals surface area contributed by atoms with Gasteiger partial charge in [-0.05, 0) is 192 Å². The minimum Gasteiger partial charge on any atom is -0.363 e. The van der Waals surface area contributed by atoms with Crippen molar-refractivity contribution in [2.45, 2.75) is 279 Å². The van der Waals surface area contributed by atoms with Crippen molar-refractivity contribution < 1.29 is 0 Å². The van der Waals surface area contributed by atoms with Crippen LogP contribution in [0.4, 0.5) is 22.7 Å². The van der Waals surface area contributed by atoms with Crippen LogP contribution in [-0.2, 0) is 25.7 Å². The lowest BCUT2D eigenvalue weighted by Gasteiger charge is -2.53. The monoisotopic (exact) mass is 967 g/mol. The van der Waals surface area contributed by atoms with E-state index in [1.807, 2.05) is 55.4 Å². The third-order valence-corrected chi connectivity index (χ3v) is 17.0. The molecule has 71 heavy (non-hydrogen) atoms. The van der Waals surface area contributed by atoms with Crippen LogP contribution in [0, 0.1) is 0 Å². The number of hydrogen-bond acceptors (Lipinski definition) is 4. The summed E-state index contributed by atoms with van der Waals surface area (Å²) in [7, 11) is 0. The third-order valence-electron chi connectivity index (χ3n) is 17.0. The zero-order valence-corrected chi connectivity index (χ0v) is 48.8. The van der Waals surface area contributed by atoms with Crippen LogP contribution in [0.15, 0.2) is 97.1 Å².